The number of hydrogen-bond acceptors (Lipinski definition) is 6. The summed E-state index contributed by atoms with van der Waals surface area (Å²) in [5.41, 5.74) is 1.01. The standard InChI is InChI=1S/C14H27N5O2S.HI/c1-15-13(16-6-5-7-21-9-8-20-4)17-10-12-11-22-14(18-12)19(2)3;/h11H,5-10H2,1-4H3,(H2,15,16,17);1H. The van der Waals surface area contributed by atoms with Gasteiger partial charge in [-0.05, 0) is 6.42 Å². The van der Waals surface area contributed by atoms with E-state index in [1.165, 1.54) is 0 Å². The van der Waals surface area contributed by atoms with Gasteiger partial charge in [-0.1, -0.05) is 0 Å². The molecule has 0 aliphatic rings. The largest absolute Gasteiger partial charge is 0.382 e. The molecule has 9 heteroatoms. The molecule has 0 amide bonds. The van der Waals surface area contributed by atoms with Crippen LogP contribution in [0.5, 0.6) is 0 Å². The maximum Gasteiger partial charge on any atom is 0.191 e. The first-order chi connectivity index (χ1) is 10.7. The van der Waals surface area contributed by atoms with Crippen molar-refractivity contribution in [1.29, 1.82) is 0 Å². The highest BCUT2D eigenvalue weighted by Crippen LogP contribution is 2.17. The Morgan fingerprint density at radius 3 is 2.70 bits per heavy atom. The first-order valence-corrected chi connectivity index (χ1v) is 8.18. The second kappa shape index (κ2) is 13.8. The zero-order chi connectivity index (χ0) is 16.2. The van der Waals surface area contributed by atoms with E-state index >= 15 is 0 Å². The number of aromatic nitrogens is 1. The number of methoxy groups -OCH3 is 1. The highest BCUT2D eigenvalue weighted by Gasteiger charge is 2.04. The number of nitrogens with one attached hydrogen (secondary N) is 2. The summed E-state index contributed by atoms with van der Waals surface area (Å²) in [6.45, 7) is 3.47. The van der Waals surface area contributed by atoms with Gasteiger partial charge in [0.15, 0.2) is 11.1 Å². The van der Waals surface area contributed by atoms with Crippen LogP contribution in [0.25, 0.3) is 0 Å². The molecule has 0 fully saturated rings. The minimum atomic E-state index is 0. The van der Waals surface area contributed by atoms with Crippen molar-refractivity contribution in [2.24, 2.45) is 4.99 Å². The van der Waals surface area contributed by atoms with Gasteiger partial charge in [0.1, 0.15) is 0 Å². The molecule has 23 heavy (non-hydrogen) atoms. The first kappa shape index (κ1) is 22.4. The number of ether oxygens (including phenoxy) is 2. The quantitative estimate of drug-likeness (QED) is 0.241. The van der Waals surface area contributed by atoms with Crippen LogP contribution in [-0.4, -0.2) is 65.6 Å². The molecule has 0 saturated heterocycles. The monoisotopic (exact) mass is 457 g/mol. The second-order valence-electron chi connectivity index (χ2n) is 4.83. The summed E-state index contributed by atoms with van der Waals surface area (Å²) in [6.07, 6.45) is 0.923. The number of guanidine groups is 1. The SMILES string of the molecule is CN=C(NCCCOCCOC)NCc1csc(N(C)C)n1.I. The summed E-state index contributed by atoms with van der Waals surface area (Å²) < 4.78 is 10.3. The maximum absolute atomic E-state index is 5.41. The molecule has 0 unspecified atom stereocenters. The van der Waals surface area contributed by atoms with Crippen LogP contribution in [0, 0.1) is 0 Å². The van der Waals surface area contributed by atoms with Crippen LogP contribution in [0.15, 0.2) is 10.4 Å². The molecule has 1 rings (SSSR count). The van der Waals surface area contributed by atoms with Gasteiger partial charge >= 0.3 is 0 Å². The molecule has 0 radical (unpaired) electrons. The third-order valence-corrected chi connectivity index (χ3v) is 3.83. The number of nitrogens with zero attached hydrogens (tertiary/aromatic N) is 3. The zero-order valence-corrected chi connectivity index (χ0v) is 17.4. The van der Waals surface area contributed by atoms with Gasteiger partial charge < -0.3 is 25.0 Å². The first-order valence-electron chi connectivity index (χ1n) is 7.30. The smallest absolute Gasteiger partial charge is 0.191 e. The third kappa shape index (κ3) is 9.95. The lowest BCUT2D eigenvalue weighted by Crippen LogP contribution is -2.37. The summed E-state index contributed by atoms with van der Waals surface area (Å²) in [5.74, 6) is 0.774. The van der Waals surface area contributed by atoms with E-state index in [9.17, 15) is 0 Å². The average Bonchev–Trinajstić information content (AvgIpc) is 2.98. The Labute approximate surface area is 159 Å². The lowest BCUT2D eigenvalue weighted by atomic mass is 10.4. The van der Waals surface area contributed by atoms with Crippen molar-refractivity contribution in [3.8, 4) is 0 Å². The molecule has 2 N–H and O–H groups in total. The lowest BCUT2D eigenvalue weighted by Gasteiger charge is -2.11. The Kier molecular flexibility index (Phi) is 13.4. The van der Waals surface area contributed by atoms with Crippen LogP contribution in [0.4, 0.5) is 5.13 Å². The van der Waals surface area contributed by atoms with Gasteiger partial charge in [0, 0.05) is 46.8 Å². The Bertz CT molecular complexity index is 443. The number of thiazole rings is 1. The number of anilines is 1. The molecule has 7 nitrogen and oxygen atoms in total. The van der Waals surface area contributed by atoms with E-state index in [1.807, 2.05) is 19.0 Å². The molecule has 1 heterocycles. The summed E-state index contributed by atoms with van der Waals surface area (Å²) in [4.78, 5) is 10.7. The Balaban J connectivity index is 0.00000484. The third-order valence-electron chi connectivity index (χ3n) is 2.77. The van der Waals surface area contributed by atoms with Crippen LogP contribution < -0.4 is 15.5 Å². The molecule has 0 aromatic carbocycles. The number of rotatable bonds is 10. The molecule has 1 aromatic heterocycles. The van der Waals surface area contributed by atoms with Crippen molar-refractivity contribution in [1.82, 2.24) is 15.6 Å². The van der Waals surface area contributed by atoms with Gasteiger partial charge in [-0.2, -0.15) is 0 Å². The molecule has 0 spiro atoms. The van der Waals surface area contributed by atoms with E-state index < -0.39 is 0 Å². The van der Waals surface area contributed by atoms with Gasteiger partial charge in [0.25, 0.3) is 0 Å². The summed E-state index contributed by atoms with van der Waals surface area (Å²) in [6, 6.07) is 0. The van der Waals surface area contributed by atoms with Crippen LogP contribution >= 0.6 is 35.3 Å². The highest BCUT2D eigenvalue weighted by atomic mass is 127. The lowest BCUT2D eigenvalue weighted by molar-refractivity contribution is 0.0698. The van der Waals surface area contributed by atoms with E-state index in [-0.39, 0.29) is 24.0 Å². The Morgan fingerprint density at radius 2 is 2.09 bits per heavy atom. The van der Waals surface area contributed by atoms with Crippen LogP contribution in [-0.2, 0) is 16.0 Å². The number of halogens is 1. The highest BCUT2D eigenvalue weighted by molar-refractivity contribution is 14.0. The van der Waals surface area contributed by atoms with Crippen molar-refractivity contribution in [3.05, 3.63) is 11.1 Å². The fraction of sp³-hybridized carbons (Fsp3) is 0.714. The fourth-order valence-electron chi connectivity index (χ4n) is 1.60. The maximum atomic E-state index is 5.41. The second-order valence-corrected chi connectivity index (χ2v) is 5.66. The molecule has 0 saturated carbocycles. The van der Waals surface area contributed by atoms with Gasteiger partial charge in [0.05, 0.1) is 25.5 Å². The minimum Gasteiger partial charge on any atom is -0.382 e. The fourth-order valence-corrected chi connectivity index (χ4v) is 2.36. The van der Waals surface area contributed by atoms with Gasteiger partial charge in [-0.15, -0.1) is 35.3 Å². The normalized spacial score (nSPS) is 11.0. The summed E-state index contributed by atoms with van der Waals surface area (Å²) >= 11 is 1.64. The Hall–Kier alpha value is -0.650. The average molecular weight is 457 g/mol. The molecule has 134 valence electrons. The molecular formula is C14H28IN5O2S. The predicted molar refractivity (Wildman–Crippen MR) is 107 cm³/mol. The van der Waals surface area contributed by atoms with Crippen LogP contribution in [0.3, 0.4) is 0 Å². The van der Waals surface area contributed by atoms with Crippen LogP contribution in [0.1, 0.15) is 12.1 Å². The van der Waals surface area contributed by atoms with E-state index in [2.05, 4.69) is 26.0 Å². The topological polar surface area (TPSA) is 71.0 Å². The molecule has 1 aromatic rings. The van der Waals surface area contributed by atoms with E-state index in [4.69, 9.17) is 9.47 Å². The van der Waals surface area contributed by atoms with Crippen molar-refractivity contribution in [3.63, 3.8) is 0 Å². The number of hydrogen-bond donors (Lipinski definition) is 2. The number of aliphatic imine (C=N–C) groups is 1. The summed E-state index contributed by atoms with van der Waals surface area (Å²) in [7, 11) is 7.41. The van der Waals surface area contributed by atoms with E-state index in [1.54, 1.807) is 25.5 Å². The molecular weight excluding hydrogens is 429 g/mol. The Morgan fingerprint density at radius 1 is 1.30 bits per heavy atom. The van der Waals surface area contributed by atoms with Crippen molar-refractivity contribution in [2.45, 2.75) is 13.0 Å². The molecule has 0 atom stereocenters. The molecule has 0 aliphatic heterocycles. The van der Waals surface area contributed by atoms with E-state index in [0.717, 1.165) is 29.8 Å². The minimum absolute atomic E-state index is 0. The van der Waals surface area contributed by atoms with Crippen molar-refractivity contribution >= 4 is 46.4 Å². The molecule has 0 bridgehead atoms. The van der Waals surface area contributed by atoms with Gasteiger partial charge in [-0.3, -0.25) is 4.99 Å². The zero-order valence-electron chi connectivity index (χ0n) is 14.3. The molecule has 0 aliphatic carbocycles. The van der Waals surface area contributed by atoms with Gasteiger partial charge in [-0.25, -0.2) is 4.98 Å². The van der Waals surface area contributed by atoms with Gasteiger partial charge in [0.2, 0.25) is 0 Å². The van der Waals surface area contributed by atoms with E-state index in [0.29, 0.717) is 26.4 Å². The van der Waals surface area contributed by atoms with Crippen LogP contribution in [0.2, 0.25) is 0 Å². The van der Waals surface area contributed by atoms with Crippen molar-refractivity contribution in [2.75, 3.05) is 59.5 Å². The predicted octanol–water partition coefficient (Wildman–Crippen LogP) is 1.55. The van der Waals surface area contributed by atoms with Crippen molar-refractivity contribution < 1.29 is 9.47 Å². The summed E-state index contributed by atoms with van der Waals surface area (Å²) in [5, 5.41) is 9.57.